The Morgan fingerprint density at radius 2 is 1.71 bits per heavy atom. The van der Waals surface area contributed by atoms with Gasteiger partial charge in [0.05, 0.1) is 5.56 Å². The third kappa shape index (κ3) is 11.2. The number of carboxylic acids is 1. The minimum atomic E-state index is -4.83. The Labute approximate surface area is 235 Å². The summed E-state index contributed by atoms with van der Waals surface area (Å²) in [5, 5.41) is 14.1. The van der Waals surface area contributed by atoms with Gasteiger partial charge in [-0.05, 0) is 60.5 Å². The van der Waals surface area contributed by atoms with E-state index in [0.717, 1.165) is 17.7 Å². The number of anilines is 2. The van der Waals surface area contributed by atoms with E-state index in [-0.39, 0.29) is 36.3 Å². The molecule has 0 unspecified atom stereocenters. The van der Waals surface area contributed by atoms with Crippen molar-refractivity contribution >= 4 is 47.0 Å². The predicted octanol–water partition coefficient (Wildman–Crippen LogP) is 4.66. The van der Waals surface area contributed by atoms with E-state index < -0.39 is 42.5 Å². The molecule has 41 heavy (non-hydrogen) atoms. The number of pyridine rings is 2. The number of halogens is 3. The monoisotopic (exact) mass is 592 g/mol. The average molecular weight is 593 g/mol. The lowest BCUT2D eigenvalue weighted by atomic mass is 10.2. The topological polar surface area (TPSA) is 157 Å². The summed E-state index contributed by atoms with van der Waals surface area (Å²) in [6, 6.07) is 11.1. The van der Waals surface area contributed by atoms with Crippen molar-refractivity contribution in [3.05, 3.63) is 72.1 Å². The summed E-state index contributed by atoms with van der Waals surface area (Å²) in [6.07, 6.45) is -2.07. The number of nitrogens with one attached hydrogen (secondary N) is 2. The molecule has 3 N–H and O–H groups in total. The van der Waals surface area contributed by atoms with Crippen molar-refractivity contribution in [2.24, 2.45) is 0 Å². The van der Waals surface area contributed by atoms with Crippen LogP contribution in [0.15, 0.2) is 66.0 Å². The number of esters is 1. The van der Waals surface area contributed by atoms with Crippen LogP contribution in [0.4, 0.5) is 24.7 Å². The standard InChI is InChI=1S/C26H23F3N4O7S/c27-26(28,29)40-18-8-6-17(7-9-18)32-24(38)19-3-2-11-31-25(19)41-15-16-10-12-30-20(13-16)33-21(34)14-39-23(37)5-1-4-22(35)36/h2-3,6-13H,1,4-5,14-15H2,(H,32,38)(H,35,36)(H,30,33,34). The van der Waals surface area contributed by atoms with Gasteiger partial charge in [0.15, 0.2) is 6.61 Å². The van der Waals surface area contributed by atoms with Gasteiger partial charge < -0.3 is 25.2 Å². The second kappa shape index (κ2) is 14.6. The molecule has 0 aliphatic rings. The lowest BCUT2D eigenvalue weighted by molar-refractivity contribution is -0.274. The smallest absolute Gasteiger partial charge is 0.481 e. The maximum absolute atomic E-state index is 12.8. The van der Waals surface area contributed by atoms with E-state index in [1.165, 1.54) is 36.3 Å². The lowest BCUT2D eigenvalue weighted by Crippen LogP contribution is -2.21. The number of hydrogen-bond acceptors (Lipinski definition) is 9. The summed E-state index contributed by atoms with van der Waals surface area (Å²) in [6.45, 7) is -0.558. The van der Waals surface area contributed by atoms with Crippen molar-refractivity contribution in [1.82, 2.24) is 9.97 Å². The van der Waals surface area contributed by atoms with Crippen molar-refractivity contribution in [3.8, 4) is 5.75 Å². The van der Waals surface area contributed by atoms with Crippen LogP contribution >= 0.6 is 11.8 Å². The van der Waals surface area contributed by atoms with Crippen LogP contribution in [-0.2, 0) is 24.9 Å². The van der Waals surface area contributed by atoms with Crippen LogP contribution in [0.1, 0.15) is 35.2 Å². The normalized spacial score (nSPS) is 10.9. The molecule has 2 heterocycles. The summed E-state index contributed by atoms with van der Waals surface area (Å²) < 4.78 is 45.7. The molecule has 2 amide bonds. The van der Waals surface area contributed by atoms with Gasteiger partial charge in [-0.25, -0.2) is 9.97 Å². The SMILES string of the molecule is O=C(O)CCCC(=O)OCC(=O)Nc1cc(CSc2ncccc2C(=O)Nc2ccc(OC(F)(F)F)cc2)ccn1. The first-order chi connectivity index (χ1) is 19.5. The van der Waals surface area contributed by atoms with Crippen LogP contribution in [0.25, 0.3) is 0 Å². The first kappa shape index (κ1) is 30.9. The molecule has 0 saturated carbocycles. The number of carbonyl (C=O) groups excluding carboxylic acids is 3. The summed E-state index contributed by atoms with van der Waals surface area (Å²) in [4.78, 5) is 55.3. The molecule has 2 aromatic heterocycles. The number of amides is 2. The number of nitrogens with zero attached hydrogens (tertiary/aromatic N) is 2. The fourth-order valence-electron chi connectivity index (χ4n) is 3.18. The molecule has 0 aliphatic heterocycles. The van der Waals surface area contributed by atoms with Crippen LogP contribution < -0.4 is 15.4 Å². The number of carboxylic acid groups (broad SMARTS) is 1. The molecule has 1 aromatic carbocycles. The van der Waals surface area contributed by atoms with Gasteiger partial charge in [-0.15, -0.1) is 24.9 Å². The van der Waals surface area contributed by atoms with Crippen LogP contribution in [0, 0.1) is 0 Å². The van der Waals surface area contributed by atoms with Crippen LogP contribution in [0.2, 0.25) is 0 Å². The van der Waals surface area contributed by atoms with Gasteiger partial charge in [0.2, 0.25) is 0 Å². The second-order valence-corrected chi connectivity index (χ2v) is 9.14. The number of hydrogen-bond donors (Lipinski definition) is 3. The Bertz CT molecular complexity index is 1390. The van der Waals surface area contributed by atoms with Crippen molar-refractivity contribution < 1.29 is 46.9 Å². The van der Waals surface area contributed by atoms with E-state index in [9.17, 15) is 32.3 Å². The highest BCUT2D eigenvalue weighted by molar-refractivity contribution is 7.98. The molecule has 0 aliphatic carbocycles. The minimum absolute atomic E-state index is 0.102. The van der Waals surface area contributed by atoms with E-state index >= 15 is 0 Å². The zero-order valence-electron chi connectivity index (χ0n) is 21.1. The summed E-state index contributed by atoms with van der Waals surface area (Å²) in [5.41, 5.74) is 1.22. The Kier molecular flexibility index (Phi) is 11.0. The molecule has 3 aromatic rings. The fourth-order valence-corrected chi connectivity index (χ4v) is 4.12. The maximum Gasteiger partial charge on any atom is 0.573 e. The van der Waals surface area contributed by atoms with Crippen molar-refractivity contribution in [3.63, 3.8) is 0 Å². The molecule has 11 nitrogen and oxygen atoms in total. The molecular formula is C26H23F3N4O7S. The highest BCUT2D eigenvalue weighted by atomic mass is 32.2. The maximum atomic E-state index is 12.8. The lowest BCUT2D eigenvalue weighted by Gasteiger charge is -2.11. The van der Waals surface area contributed by atoms with Gasteiger partial charge in [-0.1, -0.05) is 0 Å². The quantitative estimate of drug-likeness (QED) is 0.188. The molecule has 216 valence electrons. The Morgan fingerprint density at radius 1 is 0.951 bits per heavy atom. The zero-order chi connectivity index (χ0) is 29.8. The van der Waals surface area contributed by atoms with E-state index in [1.54, 1.807) is 24.3 Å². The number of aromatic nitrogens is 2. The molecule has 0 saturated heterocycles. The molecule has 15 heteroatoms. The van der Waals surface area contributed by atoms with Gasteiger partial charge in [0, 0.05) is 36.7 Å². The summed E-state index contributed by atoms with van der Waals surface area (Å²) >= 11 is 1.23. The van der Waals surface area contributed by atoms with E-state index in [0.29, 0.717) is 10.8 Å². The van der Waals surface area contributed by atoms with Crippen LogP contribution in [0.5, 0.6) is 5.75 Å². The fraction of sp³-hybridized carbons (Fsp3) is 0.231. The predicted molar refractivity (Wildman–Crippen MR) is 140 cm³/mol. The molecule has 0 spiro atoms. The average Bonchev–Trinajstić information content (AvgIpc) is 2.91. The number of alkyl halides is 3. The number of thioether (sulfide) groups is 1. The molecule has 0 fully saturated rings. The molecular weight excluding hydrogens is 569 g/mol. The summed E-state index contributed by atoms with van der Waals surface area (Å²) in [5.74, 6) is -2.76. The largest absolute Gasteiger partial charge is 0.573 e. The number of ether oxygens (including phenoxy) is 2. The first-order valence-corrected chi connectivity index (χ1v) is 12.8. The van der Waals surface area contributed by atoms with Crippen LogP contribution in [0.3, 0.4) is 0 Å². The van der Waals surface area contributed by atoms with E-state index in [4.69, 9.17) is 9.84 Å². The molecule has 0 radical (unpaired) electrons. The van der Waals surface area contributed by atoms with Gasteiger partial charge in [-0.3, -0.25) is 19.2 Å². The Balaban J connectivity index is 1.53. The number of rotatable bonds is 13. The van der Waals surface area contributed by atoms with E-state index in [1.807, 2.05) is 0 Å². The van der Waals surface area contributed by atoms with Gasteiger partial charge in [0.1, 0.15) is 16.6 Å². The van der Waals surface area contributed by atoms with Crippen molar-refractivity contribution in [2.45, 2.75) is 36.4 Å². The first-order valence-electron chi connectivity index (χ1n) is 11.9. The number of aliphatic carboxylic acids is 1. The Hall–Kier alpha value is -4.66. The summed E-state index contributed by atoms with van der Waals surface area (Å²) in [7, 11) is 0. The minimum Gasteiger partial charge on any atom is -0.481 e. The van der Waals surface area contributed by atoms with Crippen molar-refractivity contribution in [1.29, 1.82) is 0 Å². The van der Waals surface area contributed by atoms with Gasteiger partial charge in [0.25, 0.3) is 11.8 Å². The molecule has 3 rings (SSSR count). The van der Waals surface area contributed by atoms with Gasteiger partial charge in [-0.2, -0.15) is 0 Å². The number of carbonyl (C=O) groups is 4. The van der Waals surface area contributed by atoms with Crippen molar-refractivity contribution in [2.75, 3.05) is 17.2 Å². The third-order valence-electron chi connectivity index (χ3n) is 4.96. The Morgan fingerprint density at radius 3 is 2.41 bits per heavy atom. The van der Waals surface area contributed by atoms with Gasteiger partial charge >= 0.3 is 18.3 Å². The number of benzene rings is 1. The van der Waals surface area contributed by atoms with E-state index in [2.05, 4.69) is 25.3 Å². The third-order valence-corrected chi connectivity index (χ3v) is 6.04. The molecule has 0 bridgehead atoms. The highest BCUT2D eigenvalue weighted by Crippen LogP contribution is 2.27. The second-order valence-electron chi connectivity index (χ2n) is 8.18. The molecule has 0 atom stereocenters. The highest BCUT2D eigenvalue weighted by Gasteiger charge is 2.31. The zero-order valence-corrected chi connectivity index (χ0v) is 22.0. The van der Waals surface area contributed by atoms with Crippen LogP contribution in [-0.4, -0.2) is 51.8 Å².